The fourth-order valence-electron chi connectivity index (χ4n) is 2.08. The van der Waals surface area contributed by atoms with E-state index in [1.54, 1.807) is 24.1 Å². The molecule has 1 aromatic carbocycles. The third-order valence-corrected chi connectivity index (χ3v) is 4.73. The summed E-state index contributed by atoms with van der Waals surface area (Å²) in [6, 6.07) is 10.8. The molecule has 0 aliphatic heterocycles. The number of para-hydroxylation sites is 1. The highest BCUT2D eigenvalue weighted by Gasteiger charge is 2.21. The molecule has 2 aromatic rings. The highest BCUT2D eigenvalue weighted by atomic mass is 32.1. The van der Waals surface area contributed by atoms with Gasteiger partial charge in [0.25, 0.3) is 5.91 Å². The summed E-state index contributed by atoms with van der Waals surface area (Å²) >= 11 is 1.53. The molecule has 1 heterocycles. The second-order valence-corrected chi connectivity index (χ2v) is 5.94. The number of nitrogens with zero attached hydrogens (tertiary/aromatic N) is 1. The van der Waals surface area contributed by atoms with Crippen LogP contribution in [0.3, 0.4) is 0 Å². The molecule has 0 aliphatic rings. The predicted molar refractivity (Wildman–Crippen MR) is 82.3 cm³/mol. The van der Waals surface area contributed by atoms with Gasteiger partial charge in [-0.1, -0.05) is 25.1 Å². The van der Waals surface area contributed by atoms with Crippen LogP contribution in [0, 0.1) is 0 Å². The third kappa shape index (κ3) is 2.85. The molecule has 0 fully saturated rings. The first-order valence-corrected chi connectivity index (χ1v) is 7.50. The van der Waals surface area contributed by atoms with E-state index in [9.17, 15) is 9.90 Å². The maximum Gasteiger partial charge on any atom is 0.264 e. The van der Waals surface area contributed by atoms with Gasteiger partial charge in [0.2, 0.25) is 0 Å². The Balaban J connectivity index is 2.20. The monoisotopic (exact) mass is 289 g/mol. The zero-order chi connectivity index (χ0) is 14.7. The van der Waals surface area contributed by atoms with Crippen LogP contribution in [0.25, 0.3) is 0 Å². The van der Waals surface area contributed by atoms with E-state index in [-0.39, 0.29) is 17.7 Å². The lowest BCUT2D eigenvalue weighted by molar-refractivity contribution is 0.0746. The highest BCUT2D eigenvalue weighted by Crippen LogP contribution is 2.29. The number of thiophene rings is 1. The number of hydrogen-bond acceptors (Lipinski definition) is 3. The summed E-state index contributed by atoms with van der Waals surface area (Å²) in [5.74, 6) is 0.213. The largest absolute Gasteiger partial charge is 0.508 e. The predicted octanol–water partition coefficient (Wildman–Crippen LogP) is 3.85. The zero-order valence-electron chi connectivity index (χ0n) is 12.0. The SMILES string of the molecule is CCc1ccc(C(=O)N(C)C(C)c2ccccc2O)s1. The first-order chi connectivity index (χ1) is 9.54. The molecule has 0 spiro atoms. The number of aromatic hydroxyl groups is 1. The summed E-state index contributed by atoms with van der Waals surface area (Å²) in [5, 5.41) is 9.89. The van der Waals surface area contributed by atoms with E-state index in [2.05, 4.69) is 6.92 Å². The molecule has 1 N–H and O–H groups in total. The number of phenols is 1. The molecule has 1 aromatic heterocycles. The molecule has 1 atom stereocenters. The fraction of sp³-hybridized carbons (Fsp3) is 0.312. The lowest BCUT2D eigenvalue weighted by atomic mass is 10.1. The molecule has 2 rings (SSSR count). The minimum atomic E-state index is -0.170. The first kappa shape index (κ1) is 14.6. The molecule has 3 nitrogen and oxygen atoms in total. The van der Waals surface area contributed by atoms with Crippen molar-refractivity contribution in [2.24, 2.45) is 0 Å². The number of carbonyl (C=O) groups is 1. The Kier molecular flexibility index (Phi) is 4.45. The third-order valence-electron chi connectivity index (χ3n) is 3.51. The van der Waals surface area contributed by atoms with Crippen molar-refractivity contribution in [1.29, 1.82) is 0 Å². The summed E-state index contributed by atoms with van der Waals surface area (Å²) < 4.78 is 0. The van der Waals surface area contributed by atoms with Crippen LogP contribution in [-0.4, -0.2) is 23.0 Å². The van der Waals surface area contributed by atoms with Crippen molar-refractivity contribution < 1.29 is 9.90 Å². The normalized spacial score (nSPS) is 12.2. The topological polar surface area (TPSA) is 40.5 Å². The highest BCUT2D eigenvalue weighted by molar-refractivity contribution is 7.14. The van der Waals surface area contributed by atoms with Gasteiger partial charge in [0.1, 0.15) is 5.75 Å². The van der Waals surface area contributed by atoms with Crippen molar-refractivity contribution >= 4 is 17.2 Å². The molecule has 20 heavy (non-hydrogen) atoms. The van der Waals surface area contributed by atoms with E-state index >= 15 is 0 Å². The van der Waals surface area contributed by atoms with Crippen molar-refractivity contribution in [2.75, 3.05) is 7.05 Å². The number of hydrogen-bond donors (Lipinski definition) is 1. The maximum absolute atomic E-state index is 12.5. The second kappa shape index (κ2) is 6.09. The van der Waals surface area contributed by atoms with E-state index in [0.717, 1.165) is 16.9 Å². The van der Waals surface area contributed by atoms with E-state index in [1.807, 2.05) is 31.2 Å². The van der Waals surface area contributed by atoms with Crippen LogP contribution >= 0.6 is 11.3 Å². The quantitative estimate of drug-likeness (QED) is 0.928. The van der Waals surface area contributed by atoms with Gasteiger partial charge in [-0.2, -0.15) is 0 Å². The van der Waals surface area contributed by atoms with Gasteiger partial charge < -0.3 is 10.0 Å². The van der Waals surface area contributed by atoms with Gasteiger partial charge >= 0.3 is 0 Å². The Bertz CT molecular complexity index is 606. The Labute approximate surface area is 123 Å². The number of amides is 1. The minimum Gasteiger partial charge on any atom is -0.508 e. The standard InChI is InChI=1S/C16H19NO2S/c1-4-12-9-10-15(20-12)16(19)17(3)11(2)13-7-5-6-8-14(13)18/h5-11,18H,4H2,1-3H3. The summed E-state index contributed by atoms with van der Waals surface area (Å²) in [5.41, 5.74) is 0.760. The van der Waals surface area contributed by atoms with Crippen LogP contribution in [0.5, 0.6) is 5.75 Å². The van der Waals surface area contributed by atoms with E-state index < -0.39 is 0 Å². The number of carbonyl (C=O) groups excluding carboxylic acids is 1. The summed E-state index contributed by atoms with van der Waals surface area (Å²) in [7, 11) is 1.77. The van der Waals surface area contributed by atoms with Crippen molar-refractivity contribution in [1.82, 2.24) is 4.90 Å². The molecule has 1 amide bonds. The Morgan fingerprint density at radius 1 is 1.30 bits per heavy atom. The molecule has 0 radical (unpaired) electrons. The van der Waals surface area contributed by atoms with Crippen molar-refractivity contribution in [3.8, 4) is 5.75 Å². The lowest BCUT2D eigenvalue weighted by Gasteiger charge is -2.25. The van der Waals surface area contributed by atoms with Gasteiger partial charge in [0, 0.05) is 17.5 Å². The fourth-order valence-corrected chi connectivity index (χ4v) is 3.01. The molecule has 4 heteroatoms. The van der Waals surface area contributed by atoms with Gasteiger partial charge in [-0.3, -0.25) is 4.79 Å². The molecule has 106 valence electrons. The van der Waals surface area contributed by atoms with E-state index in [0.29, 0.717) is 0 Å². The Hall–Kier alpha value is -1.81. The molecule has 0 saturated heterocycles. The van der Waals surface area contributed by atoms with Gasteiger partial charge in [-0.25, -0.2) is 0 Å². The molecule has 0 saturated carbocycles. The van der Waals surface area contributed by atoms with E-state index in [1.165, 1.54) is 16.2 Å². The second-order valence-electron chi connectivity index (χ2n) is 4.77. The molecule has 0 aliphatic carbocycles. The first-order valence-electron chi connectivity index (χ1n) is 6.68. The van der Waals surface area contributed by atoms with Gasteiger partial charge in [-0.15, -0.1) is 11.3 Å². The van der Waals surface area contributed by atoms with Crippen LogP contribution in [0.1, 0.15) is 40.0 Å². The zero-order valence-corrected chi connectivity index (χ0v) is 12.8. The maximum atomic E-state index is 12.5. The average Bonchev–Trinajstić information content (AvgIpc) is 2.94. The van der Waals surface area contributed by atoms with Crippen molar-refractivity contribution in [2.45, 2.75) is 26.3 Å². The lowest BCUT2D eigenvalue weighted by Crippen LogP contribution is -2.29. The number of benzene rings is 1. The van der Waals surface area contributed by atoms with Crippen molar-refractivity contribution in [3.05, 3.63) is 51.7 Å². The van der Waals surface area contributed by atoms with Gasteiger partial charge in [0.15, 0.2) is 0 Å². The van der Waals surface area contributed by atoms with E-state index in [4.69, 9.17) is 0 Å². The number of aryl methyl sites for hydroxylation is 1. The van der Waals surface area contributed by atoms with Crippen LogP contribution in [0.4, 0.5) is 0 Å². The van der Waals surface area contributed by atoms with Crippen molar-refractivity contribution in [3.63, 3.8) is 0 Å². The molecular weight excluding hydrogens is 270 g/mol. The Morgan fingerprint density at radius 3 is 2.60 bits per heavy atom. The smallest absolute Gasteiger partial charge is 0.264 e. The summed E-state index contributed by atoms with van der Waals surface area (Å²) in [6.45, 7) is 4.00. The number of phenolic OH excluding ortho intramolecular Hbond substituents is 1. The van der Waals surface area contributed by atoms with Crippen LogP contribution in [0.2, 0.25) is 0 Å². The molecular formula is C16H19NO2S. The summed E-state index contributed by atoms with van der Waals surface area (Å²) in [6.07, 6.45) is 0.941. The minimum absolute atomic E-state index is 0.00884. The van der Waals surface area contributed by atoms with Crippen LogP contribution in [-0.2, 0) is 6.42 Å². The average molecular weight is 289 g/mol. The number of rotatable bonds is 4. The molecule has 1 unspecified atom stereocenters. The van der Waals surface area contributed by atoms with Crippen LogP contribution < -0.4 is 0 Å². The Morgan fingerprint density at radius 2 is 2.00 bits per heavy atom. The van der Waals surface area contributed by atoms with Gasteiger partial charge in [0.05, 0.1) is 10.9 Å². The molecule has 0 bridgehead atoms. The van der Waals surface area contributed by atoms with Gasteiger partial charge in [-0.05, 0) is 31.5 Å². The summed E-state index contributed by atoms with van der Waals surface area (Å²) in [4.78, 5) is 16.1. The van der Waals surface area contributed by atoms with Crippen LogP contribution in [0.15, 0.2) is 36.4 Å².